The van der Waals surface area contributed by atoms with Crippen molar-refractivity contribution in [2.45, 2.75) is 38.6 Å². The normalized spacial score (nSPS) is 14.7. The molecule has 1 fully saturated rings. The van der Waals surface area contributed by atoms with Crippen LogP contribution in [-0.4, -0.2) is 42.6 Å². The van der Waals surface area contributed by atoms with E-state index in [-0.39, 0.29) is 24.0 Å². The molecule has 158 valence electrons. The minimum atomic E-state index is 0. The summed E-state index contributed by atoms with van der Waals surface area (Å²) >= 11 is 5.82. The fourth-order valence-corrected chi connectivity index (χ4v) is 3.41. The number of aromatic nitrogens is 2. The van der Waals surface area contributed by atoms with Crippen LogP contribution in [0, 0.1) is 0 Å². The first-order valence-electron chi connectivity index (χ1n) is 9.99. The van der Waals surface area contributed by atoms with Crippen molar-refractivity contribution in [1.82, 2.24) is 20.6 Å². The largest absolute Gasteiger partial charge is 0.357 e. The van der Waals surface area contributed by atoms with Crippen LogP contribution in [0.25, 0.3) is 0 Å². The second kappa shape index (κ2) is 12.8. The van der Waals surface area contributed by atoms with Crippen molar-refractivity contribution in [2.24, 2.45) is 4.99 Å². The molecule has 0 spiro atoms. The highest BCUT2D eigenvalue weighted by Gasteiger charge is 2.10. The molecule has 3 heterocycles. The molecule has 8 heteroatoms. The van der Waals surface area contributed by atoms with Gasteiger partial charge in [-0.3, -0.25) is 4.99 Å². The Morgan fingerprint density at radius 2 is 1.72 bits per heavy atom. The number of nitrogens with zero attached hydrogens (tertiary/aromatic N) is 4. The molecular formula is C21H30ClIN6. The fourth-order valence-electron chi connectivity index (χ4n) is 3.29. The first-order valence-corrected chi connectivity index (χ1v) is 10.4. The summed E-state index contributed by atoms with van der Waals surface area (Å²) in [6.45, 7) is 3.69. The average molecular weight is 529 g/mol. The van der Waals surface area contributed by atoms with Gasteiger partial charge in [0.2, 0.25) is 0 Å². The molecule has 2 N–H and O–H groups in total. The topological polar surface area (TPSA) is 65.4 Å². The summed E-state index contributed by atoms with van der Waals surface area (Å²) in [6.07, 6.45) is 9.81. The van der Waals surface area contributed by atoms with E-state index in [1.807, 2.05) is 18.3 Å². The zero-order chi connectivity index (χ0) is 19.6. The third kappa shape index (κ3) is 7.97. The van der Waals surface area contributed by atoms with Gasteiger partial charge in [-0.05, 0) is 42.5 Å². The predicted molar refractivity (Wildman–Crippen MR) is 131 cm³/mol. The Labute approximate surface area is 195 Å². The van der Waals surface area contributed by atoms with Crippen LogP contribution < -0.4 is 15.5 Å². The molecule has 3 rings (SSSR count). The lowest BCUT2D eigenvalue weighted by molar-refractivity contribution is 0.726. The van der Waals surface area contributed by atoms with Crippen LogP contribution in [0.5, 0.6) is 0 Å². The van der Waals surface area contributed by atoms with Gasteiger partial charge in [-0.25, -0.2) is 9.97 Å². The minimum absolute atomic E-state index is 0. The van der Waals surface area contributed by atoms with Gasteiger partial charge in [-0.2, -0.15) is 0 Å². The number of hydrogen-bond donors (Lipinski definition) is 2. The summed E-state index contributed by atoms with van der Waals surface area (Å²) in [5.74, 6) is 1.86. The number of anilines is 1. The second-order valence-corrected chi connectivity index (χ2v) is 7.40. The van der Waals surface area contributed by atoms with Crippen molar-refractivity contribution >= 4 is 47.4 Å². The van der Waals surface area contributed by atoms with Gasteiger partial charge >= 0.3 is 0 Å². The van der Waals surface area contributed by atoms with E-state index in [4.69, 9.17) is 11.6 Å². The molecule has 0 amide bonds. The molecule has 0 radical (unpaired) electrons. The zero-order valence-electron chi connectivity index (χ0n) is 16.9. The Hall–Kier alpha value is -1.61. The molecule has 29 heavy (non-hydrogen) atoms. The molecule has 0 aliphatic carbocycles. The second-order valence-electron chi connectivity index (χ2n) is 7.02. The van der Waals surface area contributed by atoms with Gasteiger partial charge in [-0.15, -0.1) is 24.0 Å². The summed E-state index contributed by atoms with van der Waals surface area (Å²) in [5, 5.41) is 7.18. The van der Waals surface area contributed by atoms with E-state index >= 15 is 0 Å². The Bertz CT molecular complexity index is 743. The maximum atomic E-state index is 5.82. The highest BCUT2D eigenvalue weighted by molar-refractivity contribution is 14.0. The first-order chi connectivity index (χ1) is 13.7. The van der Waals surface area contributed by atoms with Crippen molar-refractivity contribution in [1.29, 1.82) is 0 Å². The standard InChI is InChI=1S/C21H29ClN6.HI/c1-23-21(24-11-10-17-6-8-19(22)25-14-17)27-16-18-7-9-20(26-15-18)28-12-4-2-3-5-13-28;/h6-9,14-15H,2-5,10-13,16H2,1H3,(H2,23,24,27);1H. The van der Waals surface area contributed by atoms with E-state index in [1.54, 1.807) is 13.2 Å². The number of rotatable bonds is 6. The Kier molecular flexibility index (Phi) is 10.5. The van der Waals surface area contributed by atoms with Crippen LogP contribution in [-0.2, 0) is 13.0 Å². The quantitative estimate of drug-likeness (QED) is 0.256. The van der Waals surface area contributed by atoms with Gasteiger partial charge in [0.25, 0.3) is 0 Å². The van der Waals surface area contributed by atoms with Crippen LogP contribution in [0.3, 0.4) is 0 Å². The van der Waals surface area contributed by atoms with E-state index in [9.17, 15) is 0 Å². The third-order valence-corrected chi connectivity index (χ3v) is 5.14. The lowest BCUT2D eigenvalue weighted by Crippen LogP contribution is -2.37. The van der Waals surface area contributed by atoms with Crippen LogP contribution >= 0.6 is 35.6 Å². The molecule has 0 aromatic carbocycles. The van der Waals surface area contributed by atoms with Crippen LogP contribution in [0.4, 0.5) is 5.82 Å². The predicted octanol–water partition coefficient (Wildman–Crippen LogP) is 4.04. The maximum absolute atomic E-state index is 5.82. The van der Waals surface area contributed by atoms with Crippen LogP contribution in [0.15, 0.2) is 41.7 Å². The molecule has 0 bridgehead atoms. The molecular weight excluding hydrogens is 499 g/mol. The average Bonchev–Trinajstić information content (AvgIpc) is 3.02. The smallest absolute Gasteiger partial charge is 0.191 e. The van der Waals surface area contributed by atoms with Crippen molar-refractivity contribution < 1.29 is 0 Å². The number of halogens is 2. The van der Waals surface area contributed by atoms with E-state index in [2.05, 4.69) is 42.6 Å². The molecule has 1 saturated heterocycles. The summed E-state index contributed by atoms with van der Waals surface area (Å²) < 4.78 is 0. The highest BCUT2D eigenvalue weighted by atomic mass is 127. The van der Waals surface area contributed by atoms with E-state index < -0.39 is 0 Å². The van der Waals surface area contributed by atoms with Gasteiger partial charge in [0.1, 0.15) is 11.0 Å². The Morgan fingerprint density at radius 1 is 1.00 bits per heavy atom. The third-order valence-electron chi connectivity index (χ3n) is 4.92. The van der Waals surface area contributed by atoms with Crippen molar-refractivity contribution in [3.05, 3.63) is 52.9 Å². The van der Waals surface area contributed by atoms with Crippen molar-refractivity contribution in [2.75, 3.05) is 31.6 Å². The number of pyridine rings is 2. The molecule has 1 aliphatic rings. The highest BCUT2D eigenvalue weighted by Crippen LogP contribution is 2.17. The van der Waals surface area contributed by atoms with Gasteiger partial charge in [-0.1, -0.05) is 36.6 Å². The Balaban J connectivity index is 0.00000300. The van der Waals surface area contributed by atoms with E-state index in [0.29, 0.717) is 11.7 Å². The van der Waals surface area contributed by atoms with E-state index in [0.717, 1.165) is 49.0 Å². The van der Waals surface area contributed by atoms with E-state index in [1.165, 1.54) is 25.7 Å². The minimum Gasteiger partial charge on any atom is -0.357 e. The lowest BCUT2D eigenvalue weighted by atomic mass is 10.2. The number of guanidine groups is 1. The van der Waals surface area contributed by atoms with Crippen LogP contribution in [0.1, 0.15) is 36.8 Å². The maximum Gasteiger partial charge on any atom is 0.191 e. The molecule has 0 saturated carbocycles. The monoisotopic (exact) mass is 528 g/mol. The number of hydrogen-bond acceptors (Lipinski definition) is 4. The molecule has 1 aliphatic heterocycles. The molecule has 2 aromatic rings. The number of aliphatic imine (C=N–C) groups is 1. The number of nitrogens with one attached hydrogen (secondary N) is 2. The summed E-state index contributed by atoms with van der Waals surface area (Å²) in [5.41, 5.74) is 2.28. The molecule has 0 unspecified atom stereocenters. The summed E-state index contributed by atoms with van der Waals surface area (Å²) in [4.78, 5) is 15.4. The fraction of sp³-hybridized carbons (Fsp3) is 0.476. The van der Waals surface area contributed by atoms with Crippen LogP contribution in [0.2, 0.25) is 5.15 Å². The van der Waals surface area contributed by atoms with Crippen molar-refractivity contribution in [3.8, 4) is 0 Å². The van der Waals surface area contributed by atoms with Gasteiger partial charge in [0, 0.05) is 45.6 Å². The van der Waals surface area contributed by atoms with Gasteiger partial charge in [0.05, 0.1) is 0 Å². The summed E-state index contributed by atoms with van der Waals surface area (Å²) in [7, 11) is 1.78. The van der Waals surface area contributed by atoms with Gasteiger partial charge in [0.15, 0.2) is 5.96 Å². The van der Waals surface area contributed by atoms with Gasteiger partial charge < -0.3 is 15.5 Å². The summed E-state index contributed by atoms with van der Waals surface area (Å²) in [6, 6.07) is 8.08. The Morgan fingerprint density at radius 3 is 2.34 bits per heavy atom. The molecule has 2 aromatic heterocycles. The molecule has 0 atom stereocenters. The van der Waals surface area contributed by atoms with Crippen molar-refractivity contribution in [3.63, 3.8) is 0 Å². The molecule has 6 nitrogen and oxygen atoms in total. The first kappa shape index (κ1) is 23.7. The SMILES string of the molecule is CN=C(NCCc1ccc(Cl)nc1)NCc1ccc(N2CCCCCC2)nc1.I. The zero-order valence-corrected chi connectivity index (χ0v) is 20.0. The lowest BCUT2D eigenvalue weighted by Gasteiger charge is -2.21.